The number of hydrogen-bond donors (Lipinski definition) is 1. The van der Waals surface area contributed by atoms with Gasteiger partial charge in [0.05, 0.1) is 16.7 Å². The Morgan fingerprint density at radius 2 is 1.80 bits per heavy atom. The number of nitrogens with zero attached hydrogens (tertiary/aromatic N) is 1. The summed E-state index contributed by atoms with van der Waals surface area (Å²) in [5.74, 6) is 1.33. The van der Waals surface area contributed by atoms with E-state index in [0.29, 0.717) is 27.4 Å². The minimum absolute atomic E-state index is 0.224. The van der Waals surface area contributed by atoms with Gasteiger partial charge in [-0.1, -0.05) is 34.8 Å². The van der Waals surface area contributed by atoms with Gasteiger partial charge in [0.25, 0.3) is 0 Å². The van der Waals surface area contributed by atoms with Crippen molar-refractivity contribution in [2.24, 2.45) is 0 Å². The summed E-state index contributed by atoms with van der Waals surface area (Å²) >= 11 is 18.6. The molecule has 1 heterocycles. The van der Waals surface area contributed by atoms with Gasteiger partial charge in [0, 0.05) is 24.1 Å². The summed E-state index contributed by atoms with van der Waals surface area (Å²) in [6, 6.07) is 10.8. The molecule has 0 bridgehead atoms. The van der Waals surface area contributed by atoms with E-state index in [1.165, 1.54) is 6.92 Å². The standard InChI is InChI=1S/C22H25Cl3N2O3/c1-15(28)26-30-20-8-7-19(24)22(25)21(20)16-9-12-27(13-10-16)11-2-14-29-18-5-3-17(23)4-6-18/h3-8,16H,2,9-14H2,1H3,(H,26,28). The number of hydroxylamine groups is 1. The summed E-state index contributed by atoms with van der Waals surface area (Å²) in [6.07, 6.45) is 2.82. The van der Waals surface area contributed by atoms with E-state index in [9.17, 15) is 4.79 Å². The Bertz CT molecular complexity index is 853. The number of hydrogen-bond acceptors (Lipinski definition) is 4. The zero-order valence-corrected chi connectivity index (χ0v) is 19.1. The largest absolute Gasteiger partial charge is 0.494 e. The van der Waals surface area contributed by atoms with Crippen LogP contribution in [0, 0.1) is 0 Å². The lowest BCUT2D eigenvalue weighted by molar-refractivity contribution is -0.125. The van der Waals surface area contributed by atoms with E-state index in [0.717, 1.165) is 50.2 Å². The first-order valence-electron chi connectivity index (χ1n) is 9.96. The molecule has 8 heteroatoms. The second kappa shape index (κ2) is 11.1. The Morgan fingerprint density at radius 1 is 1.10 bits per heavy atom. The van der Waals surface area contributed by atoms with Crippen molar-refractivity contribution in [1.29, 1.82) is 0 Å². The summed E-state index contributed by atoms with van der Waals surface area (Å²) in [6.45, 7) is 4.93. The Labute approximate surface area is 192 Å². The molecule has 1 aliphatic heterocycles. The van der Waals surface area contributed by atoms with E-state index in [1.54, 1.807) is 12.1 Å². The molecule has 0 atom stereocenters. The minimum Gasteiger partial charge on any atom is -0.494 e. The molecule has 0 saturated carbocycles. The maximum Gasteiger partial charge on any atom is 0.249 e. The first kappa shape index (κ1) is 23.0. The van der Waals surface area contributed by atoms with E-state index in [2.05, 4.69) is 10.4 Å². The molecule has 0 spiro atoms. The van der Waals surface area contributed by atoms with Crippen LogP contribution in [0.2, 0.25) is 15.1 Å². The molecule has 5 nitrogen and oxygen atoms in total. The van der Waals surface area contributed by atoms with E-state index < -0.39 is 0 Å². The molecule has 0 aliphatic carbocycles. The van der Waals surface area contributed by atoms with Crippen molar-refractivity contribution in [2.45, 2.75) is 32.1 Å². The molecule has 1 aliphatic rings. The van der Waals surface area contributed by atoms with Crippen LogP contribution in [0.5, 0.6) is 11.5 Å². The van der Waals surface area contributed by atoms with Gasteiger partial charge in [0.15, 0.2) is 5.75 Å². The van der Waals surface area contributed by atoms with Gasteiger partial charge in [0.2, 0.25) is 5.91 Å². The van der Waals surface area contributed by atoms with Crippen molar-refractivity contribution in [1.82, 2.24) is 10.4 Å². The van der Waals surface area contributed by atoms with Crippen LogP contribution in [0.3, 0.4) is 0 Å². The van der Waals surface area contributed by atoms with Crippen LogP contribution in [0.4, 0.5) is 0 Å². The number of piperidine rings is 1. The van der Waals surface area contributed by atoms with E-state index >= 15 is 0 Å². The number of rotatable bonds is 8. The fourth-order valence-electron chi connectivity index (χ4n) is 3.60. The molecule has 2 aromatic carbocycles. The lowest BCUT2D eigenvalue weighted by Gasteiger charge is -2.33. The molecule has 30 heavy (non-hydrogen) atoms. The SMILES string of the molecule is CC(=O)NOc1ccc(Cl)c(Cl)c1C1CCN(CCCOc2ccc(Cl)cc2)CC1. The van der Waals surface area contributed by atoms with Crippen molar-refractivity contribution in [3.8, 4) is 11.5 Å². The fraction of sp³-hybridized carbons (Fsp3) is 0.409. The summed E-state index contributed by atoms with van der Waals surface area (Å²) in [5.41, 5.74) is 3.24. The van der Waals surface area contributed by atoms with Crippen molar-refractivity contribution in [2.75, 3.05) is 26.2 Å². The molecule has 0 radical (unpaired) electrons. The van der Waals surface area contributed by atoms with Crippen LogP contribution < -0.4 is 15.1 Å². The third-order valence-corrected chi connectivity index (χ3v) is 6.17. The van der Waals surface area contributed by atoms with E-state index in [1.807, 2.05) is 24.3 Å². The highest BCUT2D eigenvalue weighted by Crippen LogP contribution is 2.42. The third-order valence-electron chi connectivity index (χ3n) is 5.09. The zero-order chi connectivity index (χ0) is 21.5. The Kier molecular flexibility index (Phi) is 8.51. The van der Waals surface area contributed by atoms with Gasteiger partial charge in [-0.05, 0) is 74.7 Å². The molecule has 0 aromatic heterocycles. The molecule has 1 fully saturated rings. The van der Waals surface area contributed by atoms with Crippen molar-refractivity contribution in [3.05, 3.63) is 57.0 Å². The number of carbonyl (C=O) groups is 1. The smallest absolute Gasteiger partial charge is 0.249 e. The van der Waals surface area contributed by atoms with E-state index in [-0.39, 0.29) is 11.8 Å². The van der Waals surface area contributed by atoms with E-state index in [4.69, 9.17) is 44.4 Å². The van der Waals surface area contributed by atoms with Crippen LogP contribution in [0.15, 0.2) is 36.4 Å². The second-order valence-corrected chi connectivity index (χ2v) is 8.53. The van der Waals surface area contributed by atoms with Gasteiger partial charge >= 0.3 is 0 Å². The van der Waals surface area contributed by atoms with Crippen molar-refractivity contribution in [3.63, 3.8) is 0 Å². The molecule has 1 N–H and O–H groups in total. The summed E-state index contributed by atoms with van der Waals surface area (Å²) < 4.78 is 5.76. The van der Waals surface area contributed by atoms with Gasteiger partial charge in [-0.3, -0.25) is 4.79 Å². The number of benzene rings is 2. The maximum atomic E-state index is 11.2. The predicted molar refractivity (Wildman–Crippen MR) is 121 cm³/mol. The Hall–Kier alpha value is -1.66. The highest BCUT2D eigenvalue weighted by molar-refractivity contribution is 6.42. The number of halogens is 3. The molecule has 162 valence electrons. The van der Waals surface area contributed by atoms with Gasteiger partial charge < -0.3 is 14.5 Å². The maximum absolute atomic E-state index is 11.2. The number of nitrogens with one attached hydrogen (secondary N) is 1. The predicted octanol–water partition coefficient (Wildman–Crippen LogP) is 5.73. The number of ether oxygens (including phenoxy) is 1. The first-order chi connectivity index (χ1) is 14.4. The van der Waals surface area contributed by atoms with Crippen molar-refractivity contribution >= 4 is 40.7 Å². The van der Waals surface area contributed by atoms with Crippen LogP contribution in [0.1, 0.15) is 37.7 Å². The number of carbonyl (C=O) groups excluding carboxylic acids is 1. The molecule has 0 unspecified atom stereocenters. The molecule has 1 saturated heterocycles. The van der Waals surface area contributed by atoms with Gasteiger partial charge in [0.1, 0.15) is 5.75 Å². The quantitative estimate of drug-likeness (QED) is 0.395. The topological polar surface area (TPSA) is 50.8 Å². The minimum atomic E-state index is -0.275. The molecular formula is C22H25Cl3N2O3. The highest BCUT2D eigenvalue weighted by atomic mass is 35.5. The Balaban J connectivity index is 1.49. The lowest BCUT2D eigenvalue weighted by Crippen LogP contribution is -2.34. The van der Waals surface area contributed by atoms with Gasteiger partial charge in [-0.15, -0.1) is 0 Å². The molecule has 3 rings (SSSR count). The summed E-state index contributed by atoms with van der Waals surface area (Å²) in [4.78, 5) is 19.1. The van der Waals surface area contributed by atoms with Crippen LogP contribution in [0.25, 0.3) is 0 Å². The Morgan fingerprint density at radius 3 is 2.47 bits per heavy atom. The molecule has 1 amide bonds. The van der Waals surface area contributed by atoms with Crippen molar-refractivity contribution < 1.29 is 14.4 Å². The third kappa shape index (κ3) is 6.42. The number of likely N-dealkylation sites (tertiary alicyclic amines) is 1. The average molecular weight is 472 g/mol. The van der Waals surface area contributed by atoms with Crippen LogP contribution in [-0.4, -0.2) is 37.0 Å². The molecular weight excluding hydrogens is 447 g/mol. The summed E-state index contributed by atoms with van der Waals surface area (Å²) in [7, 11) is 0. The average Bonchev–Trinajstić information content (AvgIpc) is 2.74. The van der Waals surface area contributed by atoms with Gasteiger partial charge in [-0.25, -0.2) is 0 Å². The van der Waals surface area contributed by atoms with Gasteiger partial charge in [-0.2, -0.15) is 5.48 Å². The number of amides is 1. The van der Waals surface area contributed by atoms with Crippen LogP contribution >= 0.6 is 34.8 Å². The lowest BCUT2D eigenvalue weighted by atomic mass is 9.88. The normalized spacial score (nSPS) is 15.1. The monoisotopic (exact) mass is 470 g/mol. The molecule has 2 aromatic rings. The van der Waals surface area contributed by atoms with Crippen LogP contribution in [-0.2, 0) is 4.79 Å². The first-order valence-corrected chi connectivity index (χ1v) is 11.1. The zero-order valence-electron chi connectivity index (χ0n) is 16.8. The second-order valence-electron chi connectivity index (χ2n) is 7.31. The highest BCUT2D eigenvalue weighted by Gasteiger charge is 2.26. The summed E-state index contributed by atoms with van der Waals surface area (Å²) in [5, 5.41) is 1.69. The fourth-order valence-corrected chi connectivity index (χ4v) is 4.20.